The summed E-state index contributed by atoms with van der Waals surface area (Å²) in [6.07, 6.45) is 0. The minimum Gasteiger partial charge on any atom is -0.496 e. The van der Waals surface area contributed by atoms with Gasteiger partial charge in [-0.2, -0.15) is 4.98 Å². The van der Waals surface area contributed by atoms with Crippen LogP contribution in [0, 0.1) is 0 Å². The molecule has 6 nitrogen and oxygen atoms in total. The van der Waals surface area contributed by atoms with E-state index in [9.17, 15) is 4.79 Å². The summed E-state index contributed by atoms with van der Waals surface area (Å²) in [5.41, 5.74) is 6.21. The SMILES string of the molecule is CCOC(=O)c1nc(-c2ccc(Br)cc2OC)oc1N. The Bertz CT molecular complexity index is 639. The molecule has 106 valence electrons. The number of ether oxygens (including phenoxy) is 2. The number of esters is 1. The predicted molar refractivity (Wildman–Crippen MR) is 76.6 cm³/mol. The van der Waals surface area contributed by atoms with E-state index in [1.54, 1.807) is 19.1 Å². The van der Waals surface area contributed by atoms with Crippen molar-refractivity contribution in [1.82, 2.24) is 4.98 Å². The Morgan fingerprint density at radius 1 is 1.50 bits per heavy atom. The number of carbonyl (C=O) groups excluding carboxylic acids is 1. The number of hydrogen-bond acceptors (Lipinski definition) is 6. The van der Waals surface area contributed by atoms with Crippen LogP contribution in [0.1, 0.15) is 17.4 Å². The molecule has 0 saturated carbocycles. The van der Waals surface area contributed by atoms with Crippen molar-refractivity contribution in [2.45, 2.75) is 6.92 Å². The molecular formula is C13H13BrN2O4. The first-order valence-corrected chi connectivity index (χ1v) is 6.63. The van der Waals surface area contributed by atoms with Crippen LogP contribution in [0.4, 0.5) is 5.88 Å². The third-order valence-electron chi connectivity index (χ3n) is 2.52. The number of anilines is 1. The minimum absolute atomic E-state index is 0.0354. The second-order valence-electron chi connectivity index (χ2n) is 3.80. The third-order valence-corrected chi connectivity index (χ3v) is 3.01. The van der Waals surface area contributed by atoms with E-state index in [0.717, 1.165) is 4.47 Å². The Kier molecular flexibility index (Phi) is 4.29. The number of methoxy groups -OCH3 is 1. The lowest BCUT2D eigenvalue weighted by Crippen LogP contribution is -2.07. The van der Waals surface area contributed by atoms with Crippen LogP contribution in [0.25, 0.3) is 11.5 Å². The number of hydrogen-bond donors (Lipinski definition) is 1. The van der Waals surface area contributed by atoms with Crippen LogP contribution in [0.15, 0.2) is 27.1 Å². The van der Waals surface area contributed by atoms with Crippen LogP contribution in [0.3, 0.4) is 0 Å². The molecule has 0 aliphatic rings. The summed E-state index contributed by atoms with van der Waals surface area (Å²) in [6, 6.07) is 5.32. The molecular weight excluding hydrogens is 328 g/mol. The quantitative estimate of drug-likeness (QED) is 0.861. The molecule has 7 heteroatoms. The number of halogens is 1. The minimum atomic E-state index is -0.615. The third kappa shape index (κ3) is 2.77. The number of carbonyl (C=O) groups is 1. The molecule has 2 aromatic rings. The van der Waals surface area contributed by atoms with Crippen LogP contribution >= 0.6 is 15.9 Å². The molecule has 0 atom stereocenters. The van der Waals surface area contributed by atoms with E-state index >= 15 is 0 Å². The van der Waals surface area contributed by atoms with E-state index in [4.69, 9.17) is 19.6 Å². The zero-order valence-electron chi connectivity index (χ0n) is 11.0. The first-order chi connectivity index (χ1) is 9.56. The second-order valence-corrected chi connectivity index (χ2v) is 4.71. The molecule has 0 saturated heterocycles. The lowest BCUT2D eigenvalue weighted by atomic mass is 10.2. The second kappa shape index (κ2) is 5.96. The Balaban J connectivity index is 2.44. The molecule has 0 bridgehead atoms. The van der Waals surface area contributed by atoms with E-state index in [2.05, 4.69) is 20.9 Å². The van der Waals surface area contributed by atoms with Crippen molar-refractivity contribution in [3.8, 4) is 17.2 Å². The molecule has 20 heavy (non-hydrogen) atoms. The monoisotopic (exact) mass is 340 g/mol. The van der Waals surface area contributed by atoms with Crippen LogP contribution in [-0.4, -0.2) is 24.7 Å². The van der Waals surface area contributed by atoms with Gasteiger partial charge in [0.05, 0.1) is 19.3 Å². The maximum atomic E-state index is 11.7. The smallest absolute Gasteiger partial charge is 0.362 e. The number of aromatic nitrogens is 1. The van der Waals surface area contributed by atoms with Gasteiger partial charge in [0, 0.05) is 4.47 Å². The van der Waals surface area contributed by atoms with E-state index in [-0.39, 0.29) is 24.1 Å². The fraction of sp³-hybridized carbons (Fsp3) is 0.231. The summed E-state index contributed by atoms with van der Waals surface area (Å²) in [5, 5.41) is 0. The van der Waals surface area contributed by atoms with Crippen LogP contribution in [0.5, 0.6) is 5.75 Å². The molecule has 0 aliphatic heterocycles. The molecule has 1 aromatic heterocycles. The van der Waals surface area contributed by atoms with Crippen molar-refractivity contribution in [2.75, 3.05) is 19.5 Å². The maximum Gasteiger partial charge on any atom is 0.362 e. The highest BCUT2D eigenvalue weighted by molar-refractivity contribution is 9.10. The number of benzene rings is 1. The largest absolute Gasteiger partial charge is 0.496 e. The summed E-state index contributed by atoms with van der Waals surface area (Å²) in [5.74, 6) is 0.0606. The Hall–Kier alpha value is -2.02. The van der Waals surface area contributed by atoms with Crippen molar-refractivity contribution in [3.63, 3.8) is 0 Å². The van der Waals surface area contributed by atoms with Crippen molar-refractivity contribution in [1.29, 1.82) is 0 Å². The average Bonchev–Trinajstić information content (AvgIpc) is 2.80. The van der Waals surface area contributed by atoms with Gasteiger partial charge in [-0.15, -0.1) is 0 Å². The zero-order chi connectivity index (χ0) is 14.7. The number of nitrogen functional groups attached to an aromatic ring is 1. The zero-order valence-corrected chi connectivity index (χ0v) is 12.6. The van der Waals surface area contributed by atoms with E-state index in [1.165, 1.54) is 7.11 Å². The molecule has 0 unspecified atom stereocenters. The summed E-state index contributed by atoms with van der Waals surface area (Å²) >= 11 is 3.34. The Morgan fingerprint density at radius 3 is 2.90 bits per heavy atom. The lowest BCUT2D eigenvalue weighted by molar-refractivity contribution is 0.0521. The summed E-state index contributed by atoms with van der Waals surface area (Å²) in [4.78, 5) is 15.7. The van der Waals surface area contributed by atoms with Gasteiger partial charge in [-0.3, -0.25) is 0 Å². The fourth-order valence-electron chi connectivity index (χ4n) is 1.63. The molecule has 1 aromatic carbocycles. The van der Waals surface area contributed by atoms with Gasteiger partial charge in [-0.05, 0) is 25.1 Å². The maximum absolute atomic E-state index is 11.7. The summed E-state index contributed by atoms with van der Waals surface area (Å²) in [6.45, 7) is 1.94. The Labute approximate surface area is 124 Å². The van der Waals surface area contributed by atoms with Crippen LogP contribution in [-0.2, 0) is 4.74 Å². The highest BCUT2D eigenvalue weighted by Crippen LogP contribution is 2.33. The topological polar surface area (TPSA) is 87.6 Å². The summed E-state index contributed by atoms with van der Waals surface area (Å²) < 4.78 is 16.3. The average molecular weight is 341 g/mol. The molecule has 0 radical (unpaired) electrons. The van der Waals surface area contributed by atoms with Gasteiger partial charge in [0.15, 0.2) is 0 Å². The van der Waals surface area contributed by atoms with E-state index in [1.807, 2.05) is 6.07 Å². The normalized spacial score (nSPS) is 10.3. The van der Waals surface area contributed by atoms with Gasteiger partial charge < -0.3 is 19.6 Å². The van der Waals surface area contributed by atoms with Crippen molar-refractivity contribution < 1.29 is 18.7 Å². The van der Waals surface area contributed by atoms with Gasteiger partial charge in [-0.25, -0.2) is 4.79 Å². The number of nitrogens with two attached hydrogens (primary N) is 1. The first kappa shape index (κ1) is 14.4. The Morgan fingerprint density at radius 2 is 2.25 bits per heavy atom. The van der Waals surface area contributed by atoms with Gasteiger partial charge in [0.1, 0.15) is 5.75 Å². The molecule has 2 N–H and O–H groups in total. The first-order valence-electron chi connectivity index (χ1n) is 5.84. The molecule has 2 rings (SSSR count). The lowest BCUT2D eigenvalue weighted by Gasteiger charge is -2.05. The standard InChI is InChI=1S/C13H13BrN2O4/c1-3-19-13(17)10-11(15)20-12(16-10)8-5-4-7(14)6-9(8)18-2/h4-6H,3,15H2,1-2H3. The van der Waals surface area contributed by atoms with Gasteiger partial charge in [0.2, 0.25) is 17.5 Å². The van der Waals surface area contributed by atoms with Gasteiger partial charge >= 0.3 is 5.97 Å². The highest BCUT2D eigenvalue weighted by atomic mass is 79.9. The summed E-state index contributed by atoms with van der Waals surface area (Å²) in [7, 11) is 1.53. The van der Waals surface area contributed by atoms with Crippen LogP contribution in [0.2, 0.25) is 0 Å². The molecule has 1 heterocycles. The molecule has 0 fully saturated rings. The predicted octanol–water partition coefficient (Wildman–Crippen LogP) is 2.87. The van der Waals surface area contributed by atoms with Crippen molar-refractivity contribution in [2.24, 2.45) is 0 Å². The van der Waals surface area contributed by atoms with E-state index < -0.39 is 5.97 Å². The number of nitrogens with zero attached hydrogens (tertiary/aromatic N) is 1. The molecule has 0 aliphatic carbocycles. The highest BCUT2D eigenvalue weighted by Gasteiger charge is 2.21. The van der Waals surface area contributed by atoms with Gasteiger partial charge in [0.25, 0.3) is 0 Å². The van der Waals surface area contributed by atoms with Crippen molar-refractivity contribution >= 4 is 27.8 Å². The molecule has 0 spiro atoms. The molecule has 0 amide bonds. The van der Waals surface area contributed by atoms with Crippen molar-refractivity contribution in [3.05, 3.63) is 28.4 Å². The number of rotatable bonds is 4. The van der Waals surface area contributed by atoms with Crippen LogP contribution < -0.4 is 10.5 Å². The van der Waals surface area contributed by atoms with Gasteiger partial charge in [-0.1, -0.05) is 15.9 Å². The van der Waals surface area contributed by atoms with E-state index in [0.29, 0.717) is 11.3 Å². The number of oxazole rings is 1. The fourth-order valence-corrected chi connectivity index (χ4v) is 1.97.